The van der Waals surface area contributed by atoms with E-state index in [4.69, 9.17) is 10.8 Å². The standard InChI is InChI=1S/C9H15N3O2/c1-2-4-12-5-3-11-8(12)6-7(10)9(13)14/h3,5,7H,2,4,6,10H2,1H3,(H,13,14). The normalized spacial score (nSPS) is 12.7. The maximum atomic E-state index is 10.5. The van der Waals surface area contributed by atoms with Crippen LogP contribution in [0.5, 0.6) is 0 Å². The molecule has 14 heavy (non-hydrogen) atoms. The van der Waals surface area contributed by atoms with Crippen molar-refractivity contribution in [3.8, 4) is 0 Å². The second-order valence-electron chi connectivity index (χ2n) is 3.19. The minimum absolute atomic E-state index is 0.280. The molecule has 5 heteroatoms. The Bertz CT molecular complexity index is 309. The summed E-state index contributed by atoms with van der Waals surface area (Å²) in [6, 6.07) is -0.868. The van der Waals surface area contributed by atoms with E-state index in [1.54, 1.807) is 6.20 Å². The summed E-state index contributed by atoms with van der Waals surface area (Å²) in [7, 11) is 0. The highest BCUT2D eigenvalue weighted by molar-refractivity contribution is 5.73. The summed E-state index contributed by atoms with van der Waals surface area (Å²) < 4.78 is 1.93. The van der Waals surface area contributed by atoms with Crippen LogP contribution in [0.25, 0.3) is 0 Å². The highest BCUT2D eigenvalue weighted by Crippen LogP contribution is 2.02. The maximum Gasteiger partial charge on any atom is 0.320 e. The van der Waals surface area contributed by atoms with Gasteiger partial charge in [-0.05, 0) is 6.42 Å². The predicted molar refractivity (Wildman–Crippen MR) is 51.8 cm³/mol. The van der Waals surface area contributed by atoms with Gasteiger partial charge < -0.3 is 15.4 Å². The van der Waals surface area contributed by atoms with Gasteiger partial charge in [0, 0.05) is 25.4 Å². The van der Waals surface area contributed by atoms with E-state index >= 15 is 0 Å². The van der Waals surface area contributed by atoms with Gasteiger partial charge in [-0.1, -0.05) is 6.92 Å². The molecule has 0 bridgehead atoms. The largest absolute Gasteiger partial charge is 0.480 e. The zero-order valence-electron chi connectivity index (χ0n) is 8.18. The number of hydrogen-bond acceptors (Lipinski definition) is 3. The second-order valence-corrected chi connectivity index (χ2v) is 3.19. The molecule has 0 fully saturated rings. The predicted octanol–water partition coefficient (Wildman–Crippen LogP) is 0.248. The number of rotatable bonds is 5. The number of nitrogens with two attached hydrogens (primary N) is 1. The molecule has 0 radical (unpaired) electrons. The van der Waals surface area contributed by atoms with Crippen molar-refractivity contribution in [2.24, 2.45) is 5.73 Å². The second kappa shape index (κ2) is 4.76. The van der Waals surface area contributed by atoms with E-state index < -0.39 is 12.0 Å². The molecule has 1 atom stereocenters. The summed E-state index contributed by atoms with van der Waals surface area (Å²) in [5.41, 5.74) is 5.42. The van der Waals surface area contributed by atoms with Gasteiger partial charge in [0.25, 0.3) is 0 Å². The molecular formula is C9H15N3O2. The lowest BCUT2D eigenvalue weighted by Gasteiger charge is -2.08. The number of carboxylic acids is 1. The third-order valence-electron chi connectivity index (χ3n) is 1.99. The molecule has 3 N–H and O–H groups in total. The number of carboxylic acid groups (broad SMARTS) is 1. The first-order chi connectivity index (χ1) is 6.65. The Kier molecular flexibility index (Phi) is 3.64. The fourth-order valence-electron chi connectivity index (χ4n) is 1.26. The molecule has 1 heterocycles. The van der Waals surface area contributed by atoms with Crippen molar-refractivity contribution in [2.45, 2.75) is 32.4 Å². The Morgan fingerprint density at radius 1 is 1.79 bits per heavy atom. The fourth-order valence-corrected chi connectivity index (χ4v) is 1.26. The van der Waals surface area contributed by atoms with Gasteiger partial charge >= 0.3 is 5.97 Å². The van der Waals surface area contributed by atoms with Gasteiger partial charge in [0.15, 0.2) is 0 Å². The van der Waals surface area contributed by atoms with Crippen LogP contribution in [-0.4, -0.2) is 26.7 Å². The monoisotopic (exact) mass is 197 g/mol. The first-order valence-corrected chi connectivity index (χ1v) is 4.63. The van der Waals surface area contributed by atoms with E-state index in [0.717, 1.165) is 18.8 Å². The highest BCUT2D eigenvalue weighted by atomic mass is 16.4. The topological polar surface area (TPSA) is 81.1 Å². The van der Waals surface area contributed by atoms with Crippen LogP contribution >= 0.6 is 0 Å². The molecule has 78 valence electrons. The summed E-state index contributed by atoms with van der Waals surface area (Å²) >= 11 is 0. The van der Waals surface area contributed by atoms with Crippen molar-refractivity contribution >= 4 is 5.97 Å². The number of aliphatic carboxylic acids is 1. The van der Waals surface area contributed by atoms with Crippen LogP contribution in [0.3, 0.4) is 0 Å². The first-order valence-electron chi connectivity index (χ1n) is 4.63. The van der Waals surface area contributed by atoms with Gasteiger partial charge in [0.2, 0.25) is 0 Å². The van der Waals surface area contributed by atoms with Crippen molar-refractivity contribution in [1.29, 1.82) is 0 Å². The van der Waals surface area contributed by atoms with Crippen molar-refractivity contribution in [1.82, 2.24) is 9.55 Å². The summed E-state index contributed by atoms with van der Waals surface area (Å²) in [4.78, 5) is 14.6. The molecule has 0 aliphatic carbocycles. The van der Waals surface area contributed by atoms with Gasteiger partial charge in [-0.15, -0.1) is 0 Å². The lowest BCUT2D eigenvalue weighted by atomic mass is 10.2. The molecule has 5 nitrogen and oxygen atoms in total. The number of aromatic nitrogens is 2. The van der Waals surface area contributed by atoms with Crippen LogP contribution in [0.2, 0.25) is 0 Å². The third kappa shape index (κ3) is 2.56. The van der Waals surface area contributed by atoms with Crippen LogP contribution in [0.1, 0.15) is 19.2 Å². The summed E-state index contributed by atoms with van der Waals surface area (Å²) in [5, 5.41) is 8.64. The minimum atomic E-state index is -0.990. The smallest absolute Gasteiger partial charge is 0.320 e. The van der Waals surface area contributed by atoms with E-state index in [1.807, 2.05) is 10.8 Å². The van der Waals surface area contributed by atoms with E-state index in [2.05, 4.69) is 11.9 Å². The number of carbonyl (C=O) groups is 1. The minimum Gasteiger partial charge on any atom is -0.480 e. The molecule has 0 aliphatic heterocycles. The third-order valence-corrected chi connectivity index (χ3v) is 1.99. The Hall–Kier alpha value is -1.36. The molecule has 0 amide bonds. The van der Waals surface area contributed by atoms with Crippen LogP contribution in [0.15, 0.2) is 12.4 Å². The number of imidazole rings is 1. The Labute approximate surface area is 82.6 Å². The lowest BCUT2D eigenvalue weighted by molar-refractivity contribution is -0.138. The Balaban J connectivity index is 2.66. The molecule has 0 aliphatic rings. The molecule has 0 aromatic carbocycles. The number of hydrogen-bond donors (Lipinski definition) is 2. The fraction of sp³-hybridized carbons (Fsp3) is 0.556. The molecule has 0 saturated heterocycles. The molecular weight excluding hydrogens is 182 g/mol. The van der Waals surface area contributed by atoms with E-state index in [0.29, 0.717) is 0 Å². The summed E-state index contributed by atoms with van der Waals surface area (Å²) in [6.07, 6.45) is 4.78. The Morgan fingerprint density at radius 3 is 3.07 bits per heavy atom. The zero-order chi connectivity index (χ0) is 10.6. The lowest BCUT2D eigenvalue weighted by Crippen LogP contribution is -2.33. The van der Waals surface area contributed by atoms with Crippen molar-refractivity contribution in [2.75, 3.05) is 0 Å². The van der Waals surface area contributed by atoms with E-state index in [-0.39, 0.29) is 6.42 Å². The average Bonchev–Trinajstić information content (AvgIpc) is 2.53. The van der Waals surface area contributed by atoms with Crippen LogP contribution < -0.4 is 5.73 Å². The molecule has 1 aromatic rings. The SMILES string of the molecule is CCCn1ccnc1CC(N)C(=O)O. The van der Waals surface area contributed by atoms with Crippen molar-refractivity contribution in [3.63, 3.8) is 0 Å². The highest BCUT2D eigenvalue weighted by Gasteiger charge is 2.14. The van der Waals surface area contributed by atoms with Crippen LogP contribution in [0, 0.1) is 0 Å². The summed E-state index contributed by atoms with van der Waals surface area (Å²) in [6.45, 7) is 2.91. The number of nitrogens with zero attached hydrogens (tertiary/aromatic N) is 2. The molecule has 0 saturated carbocycles. The quantitative estimate of drug-likeness (QED) is 0.708. The van der Waals surface area contributed by atoms with Gasteiger partial charge in [0.1, 0.15) is 11.9 Å². The van der Waals surface area contributed by atoms with Gasteiger partial charge in [-0.2, -0.15) is 0 Å². The molecule has 1 rings (SSSR count). The zero-order valence-corrected chi connectivity index (χ0v) is 8.18. The van der Waals surface area contributed by atoms with Crippen LogP contribution in [-0.2, 0) is 17.8 Å². The van der Waals surface area contributed by atoms with Crippen molar-refractivity contribution in [3.05, 3.63) is 18.2 Å². The van der Waals surface area contributed by atoms with E-state index in [1.165, 1.54) is 0 Å². The van der Waals surface area contributed by atoms with E-state index in [9.17, 15) is 4.79 Å². The average molecular weight is 197 g/mol. The first kappa shape index (κ1) is 10.7. The van der Waals surface area contributed by atoms with Crippen molar-refractivity contribution < 1.29 is 9.90 Å². The molecule has 0 spiro atoms. The summed E-state index contributed by atoms with van der Waals surface area (Å²) in [5.74, 6) is -0.252. The van der Waals surface area contributed by atoms with Crippen LogP contribution in [0.4, 0.5) is 0 Å². The number of aryl methyl sites for hydroxylation is 1. The molecule has 1 unspecified atom stereocenters. The maximum absolute atomic E-state index is 10.5. The Morgan fingerprint density at radius 2 is 2.50 bits per heavy atom. The van der Waals surface area contributed by atoms with Gasteiger partial charge in [-0.3, -0.25) is 4.79 Å². The molecule has 1 aromatic heterocycles. The van der Waals surface area contributed by atoms with Gasteiger partial charge in [-0.25, -0.2) is 4.98 Å². The van der Waals surface area contributed by atoms with Gasteiger partial charge in [0.05, 0.1) is 0 Å².